The van der Waals surface area contributed by atoms with E-state index in [1.807, 2.05) is 0 Å². The van der Waals surface area contributed by atoms with Crippen molar-refractivity contribution in [2.24, 2.45) is 0 Å². The molecular formula is C25H18F6N4O2. The smallest absolute Gasteiger partial charge is 0.354 e. The number of hydrogen-bond donors (Lipinski definition) is 2. The molecule has 6 nitrogen and oxygen atoms in total. The van der Waals surface area contributed by atoms with Crippen molar-refractivity contribution in [2.45, 2.75) is 25.3 Å². The number of pyridine rings is 1. The van der Waals surface area contributed by atoms with Crippen molar-refractivity contribution in [1.82, 2.24) is 15.5 Å². The third-order valence-electron chi connectivity index (χ3n) is 5.40. The van der Waals surface area contributed by atoms with Crippen LogP contribution >= 0.6 is 0 Å². The number of rotatable bonds is 5. The van der Waals surface area contributed by atoms with E-state index in [2.05, 4.69) is 20.8 Å². The Labute approximate surface area is 206 Å². The maximum Gasteiger partial charge on any atom is 0.418 e. The Morgan fingerprint density at radius 2 is 1.57 bits per heavy atom. The molecule has 2 aromatic carbocycles. The predicted molar refractivity (Wildman–Crippen MR) is 121 cm³/mol. The summed E-state index contributed by atoms with van der Waals surface area (Å²) >= 11 is 0. The highest BCUT2D eigenvalue weighted by Gasteiger charge is 2.37. The van der Waals surface area contributed by atoms with Gasteiger partial charge in [0.2, 0.25) is 0 Å². The first-order chi connectivity index (χ1) is 17.4. The van der Waals surface area contributed by atoms with Crippen LogP contribution in [0.25, 0.3) is 11.3 Å². The minimum atomic E-state index is -4.84. The Hall–Kier alpha value is -4.35. The Kier molecular flexibility index (Phi) is 6.92. The molecule has 2 N–H and O–H groups in total. The fourth-order valence-corrected chi connectivity index (χ4v) is 3.65. The Bertz CT molecular complexity index is 1380. The number of nitrogens with one attached hydrogen (secondary N) is 2. The van der Waals surface area contributed by atoms with Crippen molar-refractivity contribution in [2.75, 3.05) is 5.32 Å². The molecule has 2 amide bonds. The van der Waals surface area contributed by atoms with Crippen molar-refractivity contribution in [1.29, 1.82) is 0 Å². The number of alkyl halides is 6. The first-order valence-corrected chi connectivity index (χ1v) is 10.7. The molecule has 12 heteroatoms. The lowest BCUT2D eigenvalue weighted by atomic mass is 9.98. The average Bonchev–Trinajstić information content (AvgIpc) is 3.22. The zero-order valence-electron chi connectivity index (χ0n) is 19.0. The second kappa shape index (κ2) is 9.96. The number of carbonyl (C=O) groups is 1. The summed E-state index contributed by atoms with van der Waals surface area (Å²) in [5.41, 5.74) is -1.72. The van der Waals surface area contributed by atoms with Crippen LogP contribution in [0.2, 0.25) is 0 Å². The molecule has 192 valence electrons. The molecule has 4 aromatic rings. The van der Waals surface area contributed by atoms with Crippen molar-refractivity contribution >= 4 is 11.7 Å². The van der Waals surface area contributed by atoms with Gasteiger partial charge in [-0.15, -0.1) is 0 Å². The Morgan fingerprint density at radius 1 is 0.892 bits per heavy atom. The average molecular weight is 520 g/mol. The summed E-state index contributed by atoms with van der Waals surface area (Å²) in [6.07, 6.45) is -8.39. The number of aryl methyl sites for hydroxylation is 1. The number of anilines is 1. The molecule has 0 aliphatic carbocycles. The molecule has 0 saturated carbocycles. The molecule has 37 heavy (non-hydrogen) atoms. The second-order valence-electron chi connectivity index (χ2n) is 7.92. The van der Waals surface area contributed by atoms with Gasteiger partial charge in [0.05, 0.1) is 22.9 Å². The van der Waals surface area contributed by atoms with E-state index in [0.29, 0.717) is 11.3 Å². The van der Waals surface area contributed by atoms with E-state index in [9.17, 15) is 31.1 Å². The van der Waals surface area contributed by atoms with Crippen molar-refractivity contribution in [3.8, 4) is 11.3 Å². The fraction of sp³-hybridized carbons (Fsp3) is 0.160. The summed E-state index contributed by atoms with van der Waals surface area (Å²) in [6, 6.07) is 11.4. The molecular weight excluding hydrogens is 502 g/mol. The van der Waals surface area contributed by atoms with E-state index in [-0.39, 0.29) is 17.0 Å². The Morgan fingerprint density at radius 3 is 2.19 bits per heavy atom. The maximum absolute atomic E-state index is 13.7. The summed E-state index contributed by atoms with van der Waals surface area (Å²) in [7, 11) is 0. The van der Waals surface area contributed by atoms with Crippen LogP contribution in [0.4, 0.5) is 36.8 Å². The topological polar surface area (TPSA) is 80.0 Å². The van der Waals surface area contributed by atoms with Gasteiger partial charge in [0.1, 0.15) is 11.4 Å². The van der Waals surface area contributed by atoms with Gasteiger partial charge in [-0.05, 0) is 36.8 Å². The van der Waals surface area contributed by atoms with Gasteiger partial charge in [0.25, 0.3) is 0 Å². The number of amides is 2. The van der Waals surface area contributed by atoms with Crippen LogP contribution in [0.15, 0.2) is 77.4 Å². The zero-order valence-corrected chi connectivity index (χ0v) is 19.0. The largest absolute Gasteiger partial charge is 0.418 e. The van der Waals surface area contributed by atoms with Crippen LogP contribution in [0.1, 0.15) is 34.1 Å². The van der Waals surface area contributed by atoms with Crippen molar-refractivity contribution in [3.05, 3.63) is 101 Å². The molecule has 0 bridgehead atoms. The maximum atomic E-state index is 13.7. The highest BCUT2D eigenvalue weighted by atomic mass is 19.4. The second-order valence-corrected chi connectivity index (χ2v) is 7.92. The normalized spacial score (nSPS) is 12.7. The predicted octanol–water partition coefficient (Wildman–Crippen LogP) is 6.99. The monoisotopic (exact) mass is 520 g/mol. The number of urea groups is 1. The molecule has 0 radical (unpaired) electrons. The van der Waals surface area contributed by atoms with Crippen LogP contribution in [0, 0.1) is 6.92 Å². The third kappa shape index (κ3) is 5.74. The summed E-state index contributed by atoms with van der Waals surface area (Å²) in [4.78, 5) is 16.8. The number of carbonyl (C=O) groups excluding carboxylic acids is 1. The lowest BCUT2D eigenvalue weighted by molar-refractivity contribution is -0.139. The molecule has 0 aliphatic heterocycles. The zero-order chi connectivity index (χ0) is 26.8. The van der Waals surface area contributed by atoms with Gasteiger partial charge >= 0.3 is 18.4 Å². The minimum Gasteiger partial charge on any atom is -0.354 e. The van der Waals surface area contributed by atoms with Gasteiger partial charge in [-0.2, -0.15) is 26.3 Å². The van der Waals surface area contributed by atoms with Crippen LogP contribution < -0.4 is 10.6 Å². The van der Waals surface area contributed by atoms with E-state index in [0.717, 1.165) is 42.6 Å². The highest BCUT2D eigenvalue weighted by molar-refractivity contribution is 5.94. The van der Waals surface area contributed by atoms with E-state index in [1.165, 1.54) is 0 Å². The lowest BCUT2D eigenvalue weighted by Crippen LogP contribution is -2.35. The van der Waals surface area contributed by atoms with Crippen molar-refractivity contribution in [3.63, 3.8) is 0 Å². The molecule has 4 rings (SSSR count). The van der Waals surface area contributed by atoms with Gasteiger partial charge < -0.3 is 15.2 Å². The number of nitrogens with zero attached hydrogens (tertiary/aromatic N) is 2. The third-order valence-corrected chi connectivity index (χ3v) is 5.40. The first kappa shape index (κ1) is 25.7. The molecule has 2 heterocycles. The van der Waals surface area contributed by atoms with E-state index in [4.69, 9.17) is 4.52 Å². The number of benzene rings is 2. The van der Waals surface area contributed by atoms with Crippen LogP contribution in [-0.2, 0) is 12.4 Å². The van der Waals surface area contributed by atoms with Gasteiger partial charge in [0, 0.05) is 11.8 Å². The number of hydrogen-bond acceptors (Lipinski definition) is 4. The number of halogens is 6. The molecule has 2 aromatic heterocycles. The van der Waals surface area contributed by atoms with Crippen LogP contribution in [0.5, 0.6) is 0 Å². The fourth-order valence-electron chi connectivity index (χ4n) is 3.65. The molecule has 0 fully saturated rings. The summed E-state index contributed by atoms with van der Waals surface area (Å²) in [6.45, 7) is 1.55. The quantitative estimate of drug-likeness (QED) is 0.278. The molecule has 0 aliphatic rings. The van der Waals surface area contributed by atoms with Crippen molar-refractivity contribution < 1.29 is 35.7 Å². The lowest BCUT2D eigenvalue weighted by Gasteiger charge is -2.23. The van der Waals surface area contributed by atoms with Gasteiger partial charge in [-0.1, -0.05) is 47.6 Å². The summed E-state index contributed by atoms with van der Waals surface area (Å²) in [5, 5.41) is 8.76. The van der Waals surface area contributed by atoms with Gasteiger partial charge in [0.15, 0.2) is 5.76 Å². The van der Waals surface area contributed by atoms with E-state index < -0.39 is 41.2 Å². The van der Waals surface area contributed by atoms with Crippen LogP contribution in [0.3, 0.4) is 0 Å². The molecule has 1 atom stereocenters. The highest BCUT2D eigenvalue weighted by Crippen LogP contribution is 2.37. The molecule has 0 spiro atoms. The van der Waals surface area contributed by atoms with E-state index in [1.54, 1.807) is 37.3 Å². The molecule has 1 unspecified atom stereocenters. The number of aromatic nitrogens is 2. The first-order valence-electron chi connectivity index (χ1n) is 10.7. The van der Waals surface area contributed by atoms with Crippen LogP contribution in [-0.4, -0.2) is 16.2 Å². The molecule has 0 saturated heterocycles. The minimum absolute atomic E-state index is 0.0438. The standard InChI is InChI=1S/C25H18F6N4O2/c1-14-19(22(37-35-14)16-6-3-2-4-7-16)33-23(36)34-20(15-9-11-17(12-10-15)24(26,27)28)21-18(25(29,30)31)8-5-13-32-21/h2-13,20H,1H3,(H2,33,34,36). The van der Waals surface area contributed by atoms with E-state index >= 15 is 0 Å². The SMILES string of the molecule is Cc1noc(-c2ccccc2)c1NC(=O)NC(c1ccc(C(F)(F)F)cc1)c1ncccc1C(F)(F)F. The summed E-state index contributed by atoms with van der Waals surface area (Å²) < 4.78 is 85.7. The summed E-state index contributed by atoms with van der Waals surface area (Å²) in [5.74, 6) is 0.216. The Balaban J connectivity index is 1.71. The van der Waals surface area contributed by atoms with Gasteiger partial charge in [-0.25, -0.2) is 4.79 Å². The van der Waals surface area contributed by atoms with Gasteiger partial charge in [-0.3, -0.25) is 4.98 Å².